The highest BCUT2D eigenvalue weighted by Crippen LogP contribution is 2.11. The monoisotopic (exact) mass is 408 g/mol. The van der Waals surface area contributed by atoms with E-state index >= 15 is 0 Å². The fourth-order valence-electron chi connectivity index (χ4n) is 3.64. The Morgan fingerprint density at radius 1 is 1.20 bits per heavy atom. The van der Waals surface area contributed by atoms with E-state index in [9.17, 15) is 14.4 Å². The molecule has 1 saturated heterocycles. The van der Waals surface area contributed by atoms with Gasteiger partial charge >= 0.3 is 5.69 Å². The summed E-state index contributed by atoms with van der Waals surface area (Å²) in [5.41, 5.74) is 1.42. The zero-order chi connectivity index (χ0) is 21.1. The normalized spacial score (nSPS) is 16.1. The second kappa shape index (κ2) is 8.62. The number of fused-ring (bicyclic) bond motifs is 1. The number of benzene rings is 1. The number of rotatable bonds is 6. The van der Waals surface area contributed by atoms with Gasteiger partial charge in [0.05, 0.1) is 18.2 Å². The van der Waals surface area contributed by atoms with Crippen LogP contribution in [0.4, 0.5) is 0 Å². The molecular weight excluding hydrogens is 384 g/mol. The molecular formula is C22H24N4O4. The van der Waals surface area contributed by atoms with E-state index in [0.717, 1.165) is 28.5 Å². The van der Waals surface area contributed by atoms with Crippen LogP contribution >= 0.6 is 0 Å². The summed E-state index contributed by atoms with van der Waals surface area (Å²) < 4.78 is 7.96. The Balaban J connectivity index is 1.67. The first-order valence-corrected chi connectivity index (χ1v) is 10.0. The molecule has 1 N–H and O–H groups in total. The smallest absolute Gasteiger partial charge is 0.332 e. The Kier molecular flexibility index (Phi) is 5.76. The summed E-state index contributed by atoms with van der Waals surface area (Å²) >= 11 is 0. The second-order valence-electron chi connectivity index (χ2n) is 7.56. The zero-order valence-corrected chi connectivity index (χ0v) is 16.8. The third-order valence-electron chi connectivity index (χ3n) is 5.30. The van der Waals surface area contributed by atoms with Crippen LogP contribution in [-0.4, -0.2) is 39.3 Å². The van der Waals surface area contributed by atoms with Crippen molar-refractivity contribution in [2.75, 3.05) is 13.2 Å². The third kappa shape index (κ3) is 4.18. The van der Waals surface area contributed by atoms with E-state index in [0.29, 0.717) is 18.7 Å². The van der Waals surface area contributed by atoms with Crippen LogP contribution in [0.25, 0.3) is 11.0 Å². The summed E-state index contributed by atoms with van der Waals surface area (Å²) in [7, 11) is 0. The van der Waals surface area contributed by atoms with Crippen molar-refractivity contribution in [1.82, 2.24) is 19.4 Å². The Morgan fingerprint density at radius 3 is 2.73 bits per heavy atom. The van der Waals surface area contributed by atoms with Gasteiger partial charge in [0, 0.05) is 19.3 Å². The van der Waals surface area contributed by atoms with Crippen LogP contribution in [0, 0.1) is 6.92 Å². The van der Waals surface area contributed by atoms with Crippen LogP contribution in [0.15, 0.2) is 52.2 Å². The lowest BCUT2D eigenvalue weighted by Crippen LogP contribution is -2.43. The summed E-state index contributed by atoms with van der Waals surface area (Å²) in [6.45, 7) is 3.01. The summed E-state index contributed by atoms with van der Waals surface area (Å²) in [6, 6.07) is 10.9. The van der Waals surface area contributed by atoms with Gasteiger partial charge in [-0.25, -0.2) is 9.78 Å². The van der Waals surface area contributed by atoms with Gasteiger partial charge in [-0.15, -0.1) is 0 Å². The van der Waals surface area contributed by atoms with E-state index in [2.05, 4.69) is 10.3 Å². The molecule has 1 aromatic carbocycles. The molecule has 0 aliphatic carbocycles. The topological polar surface area (TPSA) is 95.2 Å². The van der Waals surface area contributed by atoms with Crippen LogP contribution in [0.2, 0.25) is 0 Å². The highest BCUT2D eigenvalue weighted by molar-refractivity contribution is 5.79. The molecule has 3 heterocycles. The molecule has 0 bridgehead atoms. The van der Waals surface area contributed by atoms with Gasteiger partial charge < -0.3 is 10.1 Å². The molecule has 3 aromatic rings. The fraction of sp³-hybridized carbons (Fsp3) is 0.364. The molecule has 1 unspecified atom stereocenters. The average Bonchev–Trinajstić information content (AvgIpc) is 3.28. The molecule has 4 rings (SSSR count). The number of hydrogen-bond acceptors (Lipinski definition) is 5. The minimum Gasteiger partial charge on any atom is -0.376 e. The van der Waals surface area contributed by atoms with Crippen molar-refractivity contribution >= 4 is 16.9 Å². The number of carbonyl (C=O) groups excluding carboxylic acids is 1. The maximum atomic E-state index is 13.2. The van der Waals surface area contributed by atoms with Crippen molar-refractivity contribution in [1.29, 1.82) is 0 Å². The fourth-order valence-corrected chi connectivity index (χ4v) is 3.64. The minimum absolute atomic E-state index is 0.0135. The van der Waals surface area contributed by atoms with Crippen molar-refractivity contribution in [3.05, 3.63) is 74.6 Å². The van der Waals surface area contributed by atoms with Gasteiger partial charge in [0.2, 0.25) is 5.91 Å². The molecule has 1 atom stereocenters. The largest absolute Gasteiger partial charge is 0.376 e. The Bertz CT molecular complexity index is 1170. The molecule has 1 aliphatic rings. The second-order valence-corrected chi connectivity index (χ2v) is 7.56. The summed E-state index contributed by atoms with van der Waals surface area (Å²) in [5, 5.41) is 2.82. The Hall–Kier alpha value is -3.26. The number of ether oxygens (including phenoxy) is 1. The van der Waals surface area contributed by atoms with E-state index in [4.69, 9.17) is 4.74 Å². The summed E-state index contributed by atoms with van der Waals surface area (Å²) in [4.78, 5) is 42.8. The quantitative estimate of drug-likeness (QED) is 0.662. The van der Waals surface area contributed by atoms with Gasteiger partial charge in [0.1, 0.15) is 6.54 Å². The first kappa shape index (κ1) is 20.0. The van der Waals surface area contributed by atoms with Crippen LogP contribution in [0.5, 0.6) is 0 Å². The van der Waals surface area contributed by atoms with Crippen molar-refractivity contribution in [2.45, 2.75) is 39.0 Å². The number of carbonyl (C=O) groups is 1. The predicted molar refractivity (Wildman–Crippen MR) is 113 cm³/mol. The molecule has 8 heteroatoms. The van der Waals surface area contributed by atoms with Gasteiger partial charge in [0.25, 0.3) is 5.56 Å². The SMILES string of the molecule is Cc1ccc(Cn2c(=O)c3ncccc3n(CC(=O)NCC3CCCO3)c2=O)cc1. The Morgan fingerprint density at radius 2 is 2.00 bits per heavy atom. The van der Waals surface area contributed by atoms with Crippen molar-refractivity contribution in [2.24, 2.45) is 0 Å². The third-order valence-corrected chi connectivity index (χ3v) is 5.30. The highest BCUT2D eigenvalue weighted by atomic mass is 16.5. The molecule has 0 radical (unpaired) electrons. The van der Waals surface area contributed by atoms with Crippen LogP contribution in [-0.2, 0) is 22.6 Å². The van der Waals surface area contributed by atoms with Crippen molar-refractivity contribution < 1.29 is 9.53 Å². The highest BCUT2D eigenvalue weighted by Gasteiger charge is 2.19. The molecule has 8 nitrogen and oxygen atoms in total. The molecule has 1 amide bonds. The maximum absolute atomic E-state index is 13.2. The van der Waals surface area contributed by atoms with Gasteiger partial charge in [-0.1, -0.05) is 29.8 Å². The van der Waals surface area contributed by atoms with Crippen LogP contribution in [0.1, 0.15) is 24.0 Å². The van der Waals surface area contributed by atoms with E-state index in [1.54, 1.807) is 12.1 Å². The maximum Gasteiger partial charge on any atom is 0.332 e. The lowest BCUT2D eigenvalue weighted by molar-refractivity contribution is -0.122. The summed E-state index contributed by atoms with van der Waals surface area (Å²) in [5.74, 6) is -0.307. The molecule has 156 valence electrons. The number of hydrogen-bond donors (Lipinski definition) is 1. The van der Waals surface area contributed by atoms with E-state index in [1.165, 1.54) is 10.8 Å². The van der Waals surface area contributed by atoms with E-state index in [-0.39, 0.29) is 30.6 Å². The minimum atomic E-state index is -0.534. The number of amides is 1. The number of nitrogens with zero attached hydrogens (tertiary/aromatic N) is 3. The molecule has 1 fully saturated rings. The van der Waals surface area contributed by atoms with Gasteiger partial charge in [0.15, 0.2) is 5.52 Å². The number of aromatic nitrogens is 3. The van der Waals surface area contributed by atoms with Crippen molar-refractivity contribution in [3.63, 3.8) is 0 Å². The van der Waals surface area contributed by atoms with E-state index < -0.39 is 11.2 Å². The summed E-state index contributed by atoms with van der Waals surface area (Å²) in [6.07, 6.45) is 3.42. The first-order chi connectivity index (χ1) is 14.5. The lowest BCUT2D eigenvalue weighted by atomic mass is 10.1. The van der Waals surface area contributed by atoms with Crippen LogP contribution < -0.4 is 16.6 Å². The molecule has 2 aromatic heterocycles. The zero-order valence-electron chi connectivity index (χ0n) is 16.8. The van der Waals surface area contributed by atoms with Crippen LogP contribution in [0.3, 0.4) is 0 Å². The lowest BCUT2D eigenvalue weighted by Gasteiger charge is -2.15. The Labute approximate surface area is 173 Å². The van der Waals surface area contributed by atoms with Gasteiger partial charge in [-0.05, 0) is 37.5 Å². The molecule has 30 heavy (non-hydrogen) atoms. The van der Waals surface area contributed by atoms with E-state index in [1.807, 2.05) is 31.2 Å². The average molecular weight is 408 g/mol. The number of nitrogens with one attached hydrogen (secondary N) is 1. The number of pyridine rings is 1. The molecule has 1 aliphatic heterocycles. The first-order valence-electron chi connectivity index (χ1n) is 10.0. The predicted octanol–water partition coefficient (Wildman–Crippen LogP) is 1.21. The van der Waals surface area contributed by atoms with Crippen molar-refractivity contribution in [3.8, 4) is 0 Å². The standard InChI is InChI=1S/C22H24N4O4/c1-15-6-8-16(9-7-15)13-26-21(28)20-18(5-2-10-23-20)25(22(26)29)14-19(27)24-12-17-4-3-11-30-17/h2,5-10,17H,3-4,11-14H2,1H3,(H,24,27). The van der Waals surface area contributed by atoms with Gasteiger partial charge in [-0.2, -0.15) is 0 Å². The molecule has 0 saturated carbocycles. The number of aryl methyl sites for hydroxylation is 1. The molecule has 0 spiro atoms. The van der Waals surface area contributed by atoms with Gasteiger partial charge in [-0.3, -0.25) is 18.7 Å².